The lowest BCUT2D eigenvalue weighted by atomic mass is 9.95. The first kappa shape index (κ1) is 15.3. The Morgan fingerprint density at radius 1 is 1.38 bits per heavy atom. The minimum atomic E-state index is -3.26. The highest BCUT2D eigenvalue weighted by Crippen LogP contribution is 2.08. The van der Waals surface area contributed by atoms with Gasteiger partial charge < -0.3 is 11.1 Å². The van der Waals surface area contributed by atoms with Gasteiger partial charge in [-0.25, -0.2) is 13.1 Å². The maximum absolute atomic E-state index is 11.6. The molecule has 0 radical (unpaired) electrons. The number of hydrogen-bond acceptors (Lipinski definition) is 4. The third-order valence-corrected chi connectivity index (χ3v) is 3.74. The lowest BCUT2D eigenvalue weighted by Crippen LogP contribution is -2.40. The zero-order valence-corrected chi connectivity index (χ0v) is 10.8. The molecule has 0 saturated heterocycles. The van der Waals surface area contributed by atoms with Gasteiger partial charge in [-0.15, -0.1) is 0 Å². The van der Waals surface area contributed by atoms with Gasteiger partial charge in [-0.3, -0.25) is 4.79 Å². The molecular weight excluding hydrogens is 230 g/mol. The normalized spacial score (nSPS) is 13.8. The van der Waals surface area contributed by atoms with Crippen molar-refractivity contribution in [2.45, 2.75) is 13.8 Å². The maximum atomic E-state index is 11.6. The third kappa shape index (κ3) is 5.43. The van der Waals surface area contributed by atoms with Crippen molar-refractivity contribution in [2.75, 3.05) is 25.9 Å². The van der Waals surface area contributed by atoms with E-state index in [4.69, 9.17) is 5.73 Å². The molecule has 0 spiro atoms. The largest absolute Gasteiger partial charge is 0.355 e. The van der Waals surface area contributed by atoms with Crippen molar-refractivity contribution >= 4 is 15.9 Å². The maximum Gasteiger partial charge on any atom is 0.224 e. The number of carbonyl (C=O) groups excluding carboxylic acids is 1. The number of sulfonamides is 1. The Labute approximate surface area is 97.0 Å². The van der Waals surface area contributed by atoms with Crippen LogP contribution in [0.2, 0.25) is 0 Å². The van der Waals surface area contributed by atoms with E-state index < -0.39 is 10.0 Å². The standard InChI is InChI=1S/C9H21N3O3S/c1-7(2)8(6-10)9(13)12-4-5-16(14,15)11-3/h7-8,11H,4-6,10H2,1-3H3,(H,12,13). The molecule has 96 valence electrons. The summed E-state index contributed by atoms with van der Waals surface area (Å²) in [5.41, 5.74) is 5.47. The lowest BCUT2D eigenvalue weighted by molar-refractivity contribution is -0.125. The van der Waals surface area contributed by atoms with Gasteiger partial charge in [0.25, 0.3) is 0 Å². The Morgan fingerprint density at radius 3 is 2.31 bits per heavy atom. The molecule has 0 aliphatic heterocycles. The number of nitrogens with one attached hydrogen (secondary N) is 2. The Kier molecular flexibility index (Phi) is 6.54. The van der Waals surface area contributed by atoms with E-state index in [0.29, 0.717) is 0 Å². The van der Waals surface area contributed by atoms with Crippen molar-refractivity contribution in [1.82, 2.24) is 10.0 Å². The first-order valence-electron chi connectivity index (χ1n) is 5.23. The van der Waals surface area contributed by atoms with Crippen LogP contribution in [0.15, 0.2) is 0 Å². The average Bonchev–Trinajstić information content (AvgIpc) is 2.18. The fourth-order valence-corrected chi connectivity index (χ4v) is 1.80. The fraction of sp³-hybridized carbons (Fsp3) is 0.889. The highest BCUT2D eigenvalue weighted by molar-refractivity contribution is 7.89. The molecule has 0 aliphatic rings. The van der Waals surface area contributed by atoms with E-state index in [1.54, 1.807) is 0 Å². The molecule has 1 atom stereocenters. The molecular formula is C9H21N3O3S. The first-order valence-corrected chi connectivity index (χ1v) is 6.88. The molecule has 4 N–H and O–H groups in total. The van der Waals surface area contributed by atoms with Crippen molar-refractivity contribution in [3.8, 4) is 0 Å². The van der Waals surface area contributed by atoms with Gasteiger partial charge in [0.1, 0.15) is 0 Å². The SMILES string of the molecule is CNS(=O)(=O)CCNC(=O)C(CN)C(C)C. The molecule has 16 heavy (non-hydrogen) atoms. The number of rotatable bonds is 7. The van der Waals surface area contributed by atoms with Crippen LogP contribution in [0.1, 0.15) is 13.8 Å². The Balaban J connectivity index is 4.08. The molecule has 0 aromatic heterocycles. The summed E-state index contributed by atoms with van der Waals surface area (Å²) < 4.78 is 24.3. The third-order valence-electron chi connectivity index (χ3n) is 2.38. The number of carbonyl (C=O) groups is 1. The van der Waals surface area contributed by atoms with Crippen LogP contribution in [-0.2, 0) is 14.8 Å². The van der Waals surface area contributed by atoms with Gasteiger partial charge in [-0.1, -0.05) is 13.8 Å². The minimum absolute atomic E-state index is 0.102. The zero-order chi connectivity index (χ0) is 12.8. The van der Waals surface area contributed by atoms with Gasteiger partial charge in [0.15, 0.2) is 0 Å². The van der Waals surface area contributed by atoms with E-state index in [1.165, 1.54) is 7.05 Å². The smallest absolute Gasteiger partial charge is 0.224 e. The van der Waals surface area contributed by atoms with E-state index in [-0.39, 0.29) is 36.6 Å². The summed E-state index contributed by atoms with van der Waals surface area (Å²) in [6, 6.07) is 0. The number of amides is 1. The summed E-state index contributed by atoms with van der Waals surface area (Å²) in [5.74, 6) is -0.433. The lowest BCUT2D eigenvalue weighted by Gasteiger charge is -2.18. The molecule has 0 rings (SSSR count). The van der Waals surface area contributed by atoms with Gasteiger partial charge in [0, 0.05) is 13.1 Å². The summed E-state index contributed by atoms with van der Waals surface area (Å²) in [6.45, 7) is 4.18. The average molecular weight is 251 g/mol. The molecule has 1 unspecified atom stereocenters. The van der Waals surface area contributed by atoms with Crippen LogP contribution in [0.4, 0.5) is 0 Å². The van der Waals surface area contributed by atoms with Gasteiger partial charge in [-0.05, 0) is 13.0 Å². The molecule has 0 aromatic rings. The molecule has 0 aromatic carbocycles. The van der Waals surface area contributed by atoms with Crippen LogP contribution >= 0.6 is 0 Å². The summed E-state index contributed by atoms with van der Waals surface area (Å²) in [7, 11) is -1.92. The Bertz CT molecular complexity index is 314. The Hall–Kier alpha value is -0.660. The van der Waals surface area contributed by atoms with Gasteiger partial charge in [0.2, 0.25) is 15.9 Å². The zero-order valence-electron chi connectivity index (χ0n) is 9.99. The van der Waals surface area contributed by atoms with Crippen molar-refractivity contribution in [3.63, 3.8) is 0 Å². The van der Waals surface area contributed by atoms with Crippen molar-refractivity contribution in [1.29, 1.82) is 0 Å². The second-order valence-electron chi connectivity index (χ2n) is 3.90. The molecule has 0 fully saturated rings. The van der Waals surface area contributed by atoms with Gasteiger partial charge >= 0.3 is 0 Å². The van der Waals surface area contributed by atoms with Crippen LogP contribution in [-0.4, -0.2) is 40.2 Å². The molecule has 7 heteroatoms. The van der Waals surface area contributed by atoms with Crippen LogP contribution in [0.25, 0.3) is 0 Å². The van der Waals surface area contributed by atoms with E-state index in [0.717, 1.165) is 0 Å². The summed E-state index contributed by atoms with van der Waals surface area (Å²) in [6.07, 6.45) is 0. The highest BCUT2D eigenvalue weighted by Gasteiger charge is 2.20. The van der Waals surface area contributed by atoms with Crippen LogP contribution in [0.3, 0.4) is 0 Å². The predicted molar refractivity (Wildman–Crippen MR) is 63.2 cm³/mol. The molecule has 0 heterocycles. The quantitative estimate of drug-likeness (QED) is 0.533. The number of hydrogen-bond donors (Lipinski definition) is 3. The first-order chi connectivity index (χ1) is 7.34. The fourth-order valence-electron chi connectivity index (χ4n) is 1.22. The molecule has 0 saturated carbocycles. The highest BCUT2D eigenvalue weighted by atomic mass is 32.2. The van der Waals surface area contributed by atoms with E-state index in [2.05, 4.69) is 10.0 Å². The molecule has 1 amide bonds. The van der Waals surface area contributed by atoms with Gasteiger partial charge in [0.05, 0.1) is 11.7 Å². The predicted octanol–water partition coefficient (Wildman–Crippen LogP) is -1.12. The summed E-state index contributed by atoms with van der Waals surface area (Å²) in [5, 5.41) is 2.57. The minimum Gasteiger partial charge on any atom is -0.355 e. The second kappa shape index (κ2) is 6.82. The molecule has 0 bridgehead atoms. The second-order valence-corrected chi connectivity index (χ2v) is 5.95. The number of nitrogens with two attached hydrogens (primary N) is 1. The van der Waals surface area contributed by atoms with E-state index in [9.17, 15) is 13.2 Å². The van der Waals surface area contributed by atoms with Crippen LogP contribution < -0.4 is 15.8 Å². The summed E-state index contributed by atoms with van der Waals surface area (Å²) in [4.78, 5) is 11.6. The van der Waals surface area contributed by atoms with E-state index >= 15 is 0 Å². The topological polar surface area (TPSA) is 101 Å². The van der Waals surface area contributed by atoms with Crippen molar-refractivity contribution in [3.05, 3.63) is 0 Å². The Morgan fingerprint density at radius 2 is 1.94 bits per heavy atom. The summed E-state index contributed by atoms with van der Waals surface area (Å²) >= 11 is 0. The van der Waals surface area contributed by atoms with Crippen LogP contribution in [0, 0.1) is 11.8 Å². The molecule has 6 nitrogen and oxygen atoms in total. The van der Waals surface area contributed by atoms with Crippen molar-refractivity contribution in [2.24, 2.45) is 17.6 Å². The monoisotopic (exact) mass is 251 g/mol. The van der Waals surface area contributed by atoms with Crippen LogP contribution in [0.5, 0.6) is 0 Å². The van der Waals surface area contributed by atoms with Gasteiger partial charge in [-0.2, -0.15) is 0 Å². The van der Waals surface area contributed by atoms with Crippen molar-refractivity contribution < 1.29 is 13.2 Å². The van der Waals surface area contributed by atoms with E-state index in [1.807, 2.05) is 13.8 Å². The molecule has 0 aliphatic carbocycles.